The molecule has 1 aromatic carbocycles. The first kappa shape index (κ1) is 18.6. The SMILES string of the molecule is C[C@@H](Sc1nc(-c2ccccc2)cn1N)C(=O)NCCC1=CCCCC1. The van der Waals surface area contributed by atoms with Gasteiger partial charge in [0, 0.05) is 12.1 Å². The largest absolute Gasteiger partial charge is 0.355 e. The third-order valence-corrected chi connectivity index (χ3v) is 5.63. The molecule has 3 N–H and O–H groups in total. The van der Waals surface area contributed by atoms with Gasteiger partial charge in [0.1, 0.15) is 0 Å². The van der Waals surface area contributed by atoms with Gasteiger partial charge in [-0.1, -0.05) is 53.7 Å². The molecule has 2 aromatic rings. The van der Waals surface area contributed by atoms with E-state index in [1.165, 1.54) is 47.7 Å². The maximum absolute atomic E-state index is 12.3. The standard InChI is InChI=1S/C20H26N4OS/c1-15(19(25)22-13-12-16-8-4-2-5-9-16)26-20-23-18(14-24(20)21)17-10-6-3-7-11-17/h3,6-8,10-11,14-15H,2,4-5,9,12-13,21H2,1H3,(H,22,25)/t15-/m1/s1. The number of carbonyl (C=O) groups is 1. The minimum atomic E-state index is -0.247. The van der Waals surface area contributed by atoms with Crippen molar-refractivity contribution in [2.45, 2.75) is 49.4 Å². The van der Waals surface area contributed by atoms with Gasteiger partial charge < -0.3 is 11.2 Å². The number of imidazole rings is 1. The number of benzene rings is 1. The van der Waals surface area contributed by atoms with Crippen molar-refractivity contribution in [3.05, 3.63) is 48.2 Å². The smallest absolute Gasteiger partial charge is 0.233 e. The van der Waals surface area contributed by atoms with Crippen molar-refractivity contribution in [1.29, 1.82) is 0 Å². The van der Waals surface area contributed by atoms with Crippen LogP contribution in [0.2, 0.25) is 0 Å². The lowest BCUT2D eigenvalue weighted by molar-refractivity contribution is -0.120. The van der Waals surface area contributed by atoms with Gasteiger partial charge in [0.25, 0.3) is 0 Å². The van der Waals surface area contributed by atoms with E-state index in [4.69, 9.17) is 5.84 Å². The van der Waals surface area contributed by atoms with Gasteiger partial charge in [-0.05, 0) is 39.0 Å². The predicted molar refractivity (Wildman–Crippen MR) is 107 cm³/mol. The molecular formula is C20H26N4OS. The van der Waals surface area contributed by atoms with Crippen LogP contribution in [0.3, 0.4) is 0 Å². The highest BCUT2D eigenvalue weighted by atomic mass is 32.2. The van der Waals surface area contributed by atoms with E-state index in [9.17, 15) is 4.79 Å². The molecule has 1 heterocycles. The van der Waals surface area contributed by atoms with Crippen LogP contribution in [0.5, 0.6) is 0 Å². The molecule has 1 aliphatic rings. The lowest BCUT2D eigenvalue weighted by Gasteiger charge is -2.14. The minimum Gasteiger partial charge on any atom is -0.355 e. The molecule has 1 atom stereocenters. The topological polar surface area (TPSA) is 72.9 Å². The van der Waals surface area contributed by atoms with Gasteiger partial charge in [0.05, 0.1) is 17.1 Å². The Hall–Kier alpha value is -2.21. The average molecular weight is 371 g/mol. The highest BCUT2D eigenvalue weighted by Gasteiger charge is 2.18. The van der Waals surface area contributed by atoms with Crippen molar-refractivity contribution in [3.8, 4) is 11.3 Å². The first-order valence-corrected chi connectivity index (χ1v) is 10.0. The molecule has 0 saturated heterocycles. The minimum absolute atomic E-state index is 0.0238. The zero-order chi connectivity index (χ0) is 18.4. The quantitative estimate of drug-likeness (QED) is 0.442. The molecule has 1 aromatic heterocycles. The molecule has 1 aliphatic carbocycles. The van der Waals surface area contributed by atoms with Gasteiger partial charge >= 0.3 is 0 Å². The second-order valence-corrected chi connectivity index (χ2v) is 7.90. The number of carbonyl (C=O) groups excluding carboxylic acids is 1. The van der Waals surface area contributed by atoms with Crippen LogP contribution in [0.25, 0.3) is 11.3 Å². The van der Waals surface area contributed by atoms with Crippen molar-refractivity contribution in [1.82, 2.24) is 15.0 Å². The van der Waals surface area contributed by atoms with E-state index in [-0.39, 0.29) is 11.2 Å². The fourth-order valence-corrected chi connectivity index (χ4v) is 3.88. The molecule has 0 saturated carbocycles. The second kappa shape index (κ2) is 8.94. The number of allylic oxidation sites excluding steroid dienone is 1. The number of hydrogen-bond donors (Lipinski definition) is 2. The highest BCUT2D eigenvalue weighted by Crippen LogP contribution is 2.26. The average Bonchev–Trinajstić information content (AvgIpc) is 3.03. The highest BCUT2D eigenvalue weighted by molar-refractivity contribution is 8.00. The first-order valence-electron chi connectivity index (χ1n) is 9.15. The van der Waals surface area contributed by atoms with Gasteiger partial charge in [0.2, 0.25) is 5.91 Å². The Kier molecular flexibility index (Phi) is 6.39. The molecule has 0 aliphatic heterocycles. The molecule has 0 bridgehead atoms. The normalized spacial score (nSPS) is 15.3. The van der Waals surface area contributed by atoms with Gasteiger partial charge in [0.15, 0.2) is 5.16 Å². The van der Waals surface area contributed by atoms with Crippen LogP contribution in [0.4, 0.5) is 0 Å². The van der Waals surface area contributed by atoms with Crippen LogP contribution in [-0.4, -0.2) is 27.4 Å². The van der Waals surface area contributed by atoms with E-state index in [1.54, 1.807) is 6.20 Å². The molecule has 0 spiro atoms. The molecule has 138 valence electrons. The summed E-state index contributed by atoms with van der Waals surface area (Å²) in [6, 6.07) is 9.89. The van der Waals surface area contributed by atoms with Crippen LogP contribution in [-0.2, 0) is 4.79 Å². The number of hydrogen-bond acceptors (Lipinski definition) is 4. The Bertz CT molecular complexity index is 769. The number of aromatic nitrogens is 2. The number of thioether (sulfide) groups is 1. The Balaban J connectivity index is 1.52. The Labute approximate surface area is 159 Å². The summed E-state index contributed by atoms with van der Waals surface area (Å²) in [6.45, 7) is 2.58. The van der Waals surface area contributed by atoms with Crippen LogP contribution in [0.1, 0.15) is 39.0 Å². The summed E-state index contributed by atoms with van der Waals surface area (Å²) in [5, 5.41) is 3.42. The fraction of sp³-hybridized carbons (Fsp3) is 0.400. The Morgan fingerprint density at radius 3 is 2.88 bits per heavy atom. The van der Waals surface area contributed by atoms with Crippen molar-refractivity contribution < 1.29 is 4.79 Å². The summed E-state index contributed by atoms with van der Waals surface area (Å²) in [5.74, 6) is 6.04. The summed E-state index contributed by atoms with van der Waals surface area (Å²) in [6.07, 6.45) is 9.98. The maximum Gasteiger partial charge on any atom is 0.233 e. The number of amides is 1. The van der Waals surface area contributed by atoms with E-state index in [1.807, 2.05) is 37.3 Å². The summed E-state index contributed by atoms with van der Waals surface area (Å²) >= 11 is 1.38. The van der Waals surface area contributed by atoms with Crippen LogP contribution in [0, 0.1) is 0 Å². The van der Waals surface area contributed by atoms with Gasteiger partial charge in [-0.3, -0.25) is 4.79 Å². The van der Waals surface area contributed by atoms with Gasteiger partial charge in [-0.2, -0.15) is 0 Å². The first-order chi connectivity index (χ1) is 12.6. The van der Waals surface area contributed by atoms with Crippen molar-refractivity contribution in [2.75, 3.05) is 12.4 Å². The number of nitrogen functional groups attached to an aromatic ring is 1. The zero-order valence-electron chi connectivity index (χ0n) is 15.1. The Morgan fingerprint density at radius 1 is 1.35 bits per heavy atom. The van der Waals surface area contributed by atoms with Crippen molar-refractivity contribution >= 4 is 17.7 Å². The molecule has 0 fully saturated rings. The molecule has 6 heteroatoms. The molecule has 3 rings (SSSR count). The van der Waals surface area contributed by atoms with E-state index in [0.29, 0.717) is 11.7 Å². The van der Waals surface area contributed by atoms with E-state index >= 15 is 0 Å². The lowest BCUT2D eigenvalue weighted by atomic mass is 9.97. The molecular weight excluding hydrogens is 344 g/mol. The molecule has 0 radical (unpaired) electrons. The third-order valence-electron chi connectivity index (χ3n) is 4.55. The zero-order valence-corrected chi connectivity index (χ0v) is 16.0. The van der Waals surface area contributed by atoms with E-state index in [0.717, 1.165) is 17.7 Å². The number of nitrogens with two attached hydrogens (primary N) is 1. The predicted octanol–water partition coefficient (Wildman–Crippen LogP) is 3.75. The van der Waals surface area contributed by atoms with Crippen LogP contribution < -0.4 is 11.2 Å². The van der Waals surface area contributed by atoms with E-state index in [2.05, 4.69) is 16.4 Å². The number of nitrogens with one attached hydrogen (secondary N) is 1. The summed E-state index contributed by atoms with van der Waals surface area (Å²) in [4.78, 5) is 16.9. The maximum atomic E-state index is 12.3. The number of rotatable bonds is 7. The Morgan fingerprint density at radius 2 is 2.15 bits per heavy atom. The second-order valence-electron chi connectivity index (χ2n) is 6.59. The van der Waals surface area contributed by atoms with Crippen LogP contribution in [0.15, 0.2) is 53.3 Å². The van der Waals surface area contributed by atoms with Crippen molar-refractivity contribution in [2.24, 2.45) is 0 Å². The lowest BCUT2D eigenvalue weighted by Crippen LogP contribution is -2.32. The van der Waals surface area contributed by atoms with Gasteiger partial charge in [-0.25, -0.2) is 9.66 Å². The van der Waals surface area contributed by atoms with Gasteiger partial charge in [-0.15, -0.1) is 0 Å². The van der Waals surface area contributed by atoms with Crippen molar-refractivity contribution in [3.63, 3.8) is 0 Å². The molecule has 0 unspecified atom stereocenters. The van der Waals surface area contributed by atoms with Crippen LogP contribution >= 0.6 is 11.8 Å². The summed E-state index contributed by atoms with van der Waals surface area (Å²) in [5.41, 5.74) is 3.30. The monoisotopic (exact) mass is 370 g/mol. The van der Waals surface area contributed by atoms with E-state index < -0.39 is 0 Å². The molecule has 5 nitrogen and oxygen atoms in total. The summed E-state index contributed by atoms with van der Waals surface area (Å²) in [7, 11) is 0. The molecule has 1 amide bonds. The number of nitrogens with zero attached hydrogens (tertiary/aromatic N) is 2. The fourth-order valence-electron chi connectivity index (χ4n) is 3.05. The third kappa shape index (κ3) is 4.91. The summed E-state index contributed by atoms with van der Waals surface area (Å²) < 4.78 is 1.49. The molecule has 26 heavy (non-hydrogen) atoms.